The molecule has 0 aliphatic carbocycles. The topological polar surface area (TPSA) is 72.0 Å². The van der Waals surface area contributed by atoms with Crippen LogP contribution in [0.3, 0.4) is 0 Å². The van der Waals surface area contributed by atoms with E-state index in [1.165, 1.54) is 0 Å². The van der Waals surface area contributed by atoms with Crippen LogP contribution in [0, 0.1) is 6.92 Å². The van der Waals surface area contributed by atoms with Gasteiger partial charge in [0.15, 0.2) is 0 Å². The van der Waals surface area contributed by atoms with Gasteiger partial charge in [-0.3, -0.25) is 4.98 Å². The summed E-state index contributed by atoms with van der Waals surface area (Å²) in [5.41, 5.74) is 2.08. The molecule has 3 rings (SSSR count). The highest BCUT2D eigenvalue weighted by Crippen LogP contribution is 2.15. The summed E-state index contributed by atoms with van der Waals surface area (Å²) < 4.78 is 5.61. The van der Waals surface area contributed by atoms with E-state index in [9.17, 15) is 0 Å². The molecular weight excluding hydrogens is 278 g/mol. The Hall–Kier alpha value is -2.21. The number of rotatable bonds is 6. The van der Waals surface area contributed by atoms with E-state index in [1.54, 1.807) is 12.4 Å². The smallest absolute Gasteiger partial charge is 0.225 e. The maximum atomic E-state index is 5.61. The third-order valence-corrected chi connectivity index (χ3v) is 3.59. The van der Waals surface area contributed by atoms with Crippen molar-refractivity contribution in [1.82, 2.24) is 15.0 Å². The predicted octanol–water partition coefficient (Wildman–Crippen LogP) is 2.38. The fraction of sp³-hybridized carbons (Fsp3) is 0.438. The summed E-state index contributed by atoms with van der Waals surface area (Å²) in [4.78, 5) is 12.9. The largest absolute Gasteiger partial charge is 0.376 e. The van der Waals surface area contributed by atoms with Gasteiger partial charge in [-0.2, -0.15) is 4.98 Å². The van der Waals surface area contributed by atoms with Crippen molar-refractivity contribution < 1.29 is 4.74 Å². The molecule has 0 aromatic carbocycles. The van der Waals surface area contributed by atoms with Crippen LogP contribution in [0.25, 0.3) is 0 Å². The molecule has 116 valence electrons. The molecule has 1 unspecified atom stereocenters. The second kappa shape index (κ2) is 7.17. The van der Waals surface area contributed by atoms with Crippen molar-refractivity contribution in [1.29, 1.82) is 0 Å². The Kier molecular flexibility index (Phi) is 4.80. The number of hydrogen-bond acceptors (Lipinski definition) is 6. The Morgan fingerprint density at radius 1 is 1.23 bits per heavy atom. The molecule has 2 N–H and O–H groups in total. The molecule has 0 spiro atoms. The first-order valence-corrected chi connectivity index (χ1v) is 7.63. The standard InChI is InChI=1S/C16H21N5O/c1-12-9-15(18-11-14-3-2-8-22-14)21-16(20-12)19-10-13-4-6-17-7-5-13/h4-7,9,14H,2-3,8,10-11H2,1H3,(H2,18,19,20,21). The maximum Gasteiger partial charge on any atom is 0.225 e. The zero-order valence-corrected chi connectivity index (χ0v) is 12.7. The van der Waals surface area contributed by atoms with E-state index in [0.717, 1.165) is 43.1 Å². The lowest BCUT2D eigenvalue weighted by Gasteiger charge is -2.13. The Bertz CT molecular complexity index is 599. The van der Waals surface area contributed by atoms with Crippen molar-refractivity contribution in [3.8, 4) is 0 Å². The molecule has 1 aliphatic rings. The SMILES string of the molecule is Cc1cc(NCC2CCCO2)nc(NCc2ccncc2)n1. The van der Waals surface area contributed by atoms with Gasteiger partial charge >= 0.3 is 0 Å². The molecule has 1 atom stereocenters. The van der Waals surface area contributed by atoms with Crippen LogP contribution in [0.15, 0.2) is 30.6 Å². The number of anilines is 2. The Morgan fingerprint density at radius 3 is 2.86 bits per heavy atom. The minimum Gasteiger partial charge on any atom is -0.376 e. The van der Waals surface area contributed by atoms with Gasteiger partial charge in [0.05, 0.1) is 6.10 Å². The molecule has 22 heavy (non-hydrogen) atoms. The molecule has 3 heterocycles. The highest BCUT2D eigenvalue weighted by molar-refractivity contribution is 5.42. The van der Waals surface area contributed by atoms with Crippen molar-refractivity contribution in [2.45, 2.75) is 32.4 Å². The summed E-state index contributed by atoms with van der Waals surface area (Å²) in [6.07, 6.45) is 6.12. The minimum absolute atomic E-state index is 0.295. The minimum atomic E-state index is 0.295. The van der Waals surface area contributed by atoms with Crippen LogP contribution < -0.4 is 10.6 Å². The molecule has 0 radical (unpaired) electrons. The van der Waals surface area contributed by atoms with E-state index >= 15 is 0 Å². The summed E-state index contributed by atoms with van der Waals surface area (Å²) in [5, 5.41) is 6.59. The molecule has 2 aromatic rings. The quantitative estimate of drug-likeness (QED) is 0.853. The Balaban J connectivity index is 1.59. The Labute approximate surface area is 130 Å². The number of nitrogens with zero attached hydrogens (tertiary/aromatic N) is 3. The second-order valence-corrected chi connectivity index (χ2v) is 5.44. The average Bonchev–Trinajstić information content (AvgIpc) is 3.05. The lowest BCUT2D eigenvalue weighted by atomic mass is 10.2. The van der Waals surface area contributed by atoms with E-state index in [0.29, 0.717) is 18.6 Å². The third kappa shape index (κ3) is 4.14. The predicted molar refractivity (Wildman–Crippen MR) is 85.8 cm³/mol. The zero-order valence-electron chi connectivity index (χ0n) is 12.7. The lowest BCUT2D eigenvalue weighted by Crippen LogP contribution is -2.19. The number of pyridine rings is 1. The van der Waals surface area contributed by atoms with Crippen LogP contribution in [0.1, 0.15) is 24.1 Å². The number of aromatic nitrogens is 3. The van der Waals surface area contributed by atoms with Crippen LogP contribution in [-0.4, -0.2) is 34.2 Å². The van der Waals surface area contributed by atoms with Gasteiger partial charge in [-0.25, -0.2) is 4.98 Å². The molecule has 0 amide bonds. The summed E-state index contributed by atoms with van der Waals surface area (Å²) in [5.74, 6) is 1.46. The first kappa shape index (κ1) is 14.7. The van der Waals surface area contributed by atoms with E-state index in [1.807, 2.05) is 25.1 Å². The van der Waals surface area contributed by atoms with Crippen LogP contribution >= 0.6 is 0 Å². The summed E-state index contributed by atoms with van der Waals surface area (Å²) >= 11 is 0. The van der Waals surface area contributed by atoms with E-state index in [4.69, 9.17) is 4.74 Å². The third-order valence-electron chi connectivity index (χ3n) is 3.59. The highest BCUT2D eigenvalue weighted by atomic mass is 16.5. The number of aryl methyl sites for hydroxylation is 1. The lowest BCUT2D eigenvalue weighted by molar-refractivity contribution is 0.120. The normalized spacial score (nSPS) is 17.4. The van der Waals surface area contributed by atoms with Gasteiger partial charge in [0.1, 0.15) is 5.82 Å². The van der Waals surface area contributed by atoms with Crippen LogP contribution in [0.4, 0.5) is 11.8 Å². The van der Waals surface area contributed by atoms with Crippen molar-refractivity contribution >= 4 is 11.8 Å². The molecule has 2 aromatic heterocycles. The van der Waals surface area contributed by atoms with E-state index in [2.05, 4.69) is 25.6 Å². The van der Waals surface area contributed by atoms with Gasteiger partial charge in [0.2, 0.25) is 5.95 Å². The van der Waals surface area contributed by atoms with Gasteiger partial charge in [0.25, 0.3) is 0 Å². The molecular formula is C16H21N5O. The fourth-order valence-corrected chi connectivity index (χ4v) is 2.44. The highest BCUT2D eigenvalue weighted by Gasteiger charge is 2.15. The van der Waals surface area contributed by atoms with Crippen LogP contribution in [0.2, 0.25) is 0 Å². The van der Waals surface area contributed by atoms with Crippen LogP contribution in [-0.2, 0) is 11.3 Å². The molecule has 1 fully saturated rings. The first-order valence-electron chi connectivity index (χ1n) is 7.63. The van der Waals surface area contributed by atoms with Gasteiger partial charge in [0, 0.05) is 43.9 Å². The van der Waals surface area contributed by atoms with Crippen molar-refractivity contribution in [2.24, 2.45) is 0 Å². The summed E-state index contributed by atoms with van der Waals surface area (Å²) in [6, 6.07) is 5.89. The summed E-state index contributed by atoms with van der Waals surface area (Å²) in [7, 11) is 0. The monoisotopic (exact) mass is 299 g/mol. The number of ether oxygens (including phenoxy) is 1. The van der Waals surface area contributed by atoms with E-state index in [-0.39, 0.29) is 0 Å². The van der Waals surface area contributed by atoms with Crippen molar-refractivity contribution in [3.05, 3.63) is 41.9 Å². The molecule has 1 aliphatic heterocycles. The molecule has 6 heteroatoms. The van der Waals surface area contributed by atoms with Gasteiger partial charge in [-0.15, -0.1) is 0 Å². The summed E-state index contributed by atoms with van der Waals surface area (Å²) in [6.45, 7) is 4.31. The van der Waals surface area contributed by atoms with E-state index < -0.39 is 0 Å². The van der Waals surface area contributed by atoms with Crippen molar-refractivity contribution in [3.63, 3.8) is 0 Å². The Morgan fingerprint density at radius 2 is 2.09 bits per heavy atom. The fourth-order valence-electron chi connectivity index (χ4n) is 2.44. The molecule has 1 saturated heterocycles. The second-order valence-electron chi connectivity index (χ2n) is 5.44. The van der Waals surface area contributed by atoms with Crippen molar-refractivity contribution in [2.75, 3.05) is 23.8 Å². The molecule has 6 nitrogen and oxygen atoms in total. The molecule has 0 saturated carbocycles. The van der Waals surface area contributed by atoms with Crippen LogP contribution in [0.5, 0.6) is 0 Å². The average molecular weight is 299 g/mol. The first-order chi connectivity index (χ1) is 10.8. The number of hydrogen-bond donors (Lipinski definition) is 2. The zero-order chi connectivity index (χ0) is 15.2. The van der Waals surface area contributed by atoms with Gasteiger partial charge < -0.3 is 15.4 Å². The van der Waals surface area contributed by atoms with Gasteiger partial charge in [-0.1, -0.05) is 0 Å². The number of nitrogens with one attached hydrogen (secondary N) is 2. The van der Waals surface area contributed by atoms with Gasteiger partial charge in [-0.05, 0) is 37.5 Å². The maximum absolute atomic E-state index is 5.61. The molecule has 0 bridgehead atoms.